The summed E-state index contributed by atoms with van der Waals surface area (Å²) in [4.78, 5) is 14.0. The Kier molecular flexibility index (Phi) is 9.84. The van der Waals surface area contributed by atoms with E-state index in [9.17, 15) is 4.39 Å². The van der Waals surface area contributed by atoms with E-state index in [0.29, 0.717) is 12.2 Å². The molecule has 2 heterocycles. The van der Waals surface area contributed by atoms with Gasteiger partial charge in [-0.15, -0.1) is 0 Å². The first-order chi connectivity index (χ1) is 21.6. The molecule has 4 aromatic rings. The Morgan fingerprint density at radius 2 is 1.69 bits per heavy atom. The van der Waals surface area contributed by atoms with E-state index in [2.05, 4.69) is 83.5 Å². The molecule has 2 aromatic carbocycles. The third kappa shape index (κ3) is 7.70. The Bertz CT molecular complexity index is 1760. The lowest BCUT2D eigenvalue weighted by Crippen LogP contribution is -2.27. The van der Waals surface area contributed by atoms with Gasteiger partial charge in [-0.1, -0.05) is 62.9 Å². The molecule has 0 radical (unpaired) electrons. The van der Waals surface area contributed by atoms with E-state index < -0.39 is 0 Å². The molecule has 0 amide bonds. The number of aryl methyl sites for hydroxylation is 1. The number of anilines is 1. The molecule has 5 rings (SSSR count). The number of pyridine rings is 2. The van der Waals surface area contributed by atoms with E-state index >= 15 is 0 Å². The van der Waals surface area contributed by atoms with E-state index in [1.165, 1.54) is 11.6 Å². The number of halogens is 1. The van der Waals surface area contributed by atoms with Crippen molar-refractivity contribution in [2.45, 2.75) is 54.1 Å². The highest BCUT2D eigenvalue weighted by Crippen LogP contribution is 2.40. The van der Waals surface area contributed by atoms with Crippen LogP contribution in [0, 0.1) is 25.1 Å². The molecule has 1 aliphatic rings. The lowest BCUT2D eigenvalue weighted by atomic mass is 9.73. The zero-order valence-electron chi connectivity index (χ0n) is 26.9. The molecule has 0 aliphatic heterocycles. The van der Waals surface area contributed by atoms with Crippen LogP contribution in [0.5, 0.6) is 0 Å². The van der Waals surface area contributed by atoms with Gasteiger partial charge in [0.2, 0.25) is 0 Å². The molecule has 1 aliphatic carbocycles. The van der Waals surface area contributed by atoms with Crippen LogP contribution < -0.4 is 10.6 Å². The number of benzene rings is 2. The molecule has 5 nitrogen and oxygen atoms in total. The lowest BCUT2D eigenvalue weighted by Gasteiger charge is -2.33. The highest BCUT2D eigenvalue weighted by molar-refractivity contribution is 6.15. The van der Waals surface area contributed by atoms with Crippen LogP contribution in [0.2, 0.25) is 0 Å². The zero-order chi connectivity index (χ0) is 32.0. The third-order valence-corrected chi connectivity index (χ3v) is 8.20. The molecule has 230 valence electrons. The number of aliphatic imine (C=N–C) groups is 1. The Balaban J connectivity index is 1.39. The molecule has 0 saturated heterocycles. The number of nitrogens with one attached hydrogen (secondary N) is 2. The number of hydrogen-bond acceptors (Lipinski definition) is 5. The molecule has 0 saturated carbocycles. The summed E-state index contributed by atoms with van der Waals surface area (Å²) in [6, 6.07) is 17.7. The molecule has 0 fully saturated rings. The largest absolute Gasteiger partial charge is 0.353 e. The summed E-state index contributed by atoms with van der Waals surface area (Å²) < 4.78 is 14.2. The molecule has 0 bridgehead atoms. The summed E-state index contributed by atoms with van der Waals surface area (Å²) in [6.45, 7) is 17.0. The number of aromatic nitrogens is 2. The van der Waals surface area contributed by atoms with Gasteiger partial charge in [0.05, 0.1) is 23.3 Å². The second-order valence-corrected chi connectivity index (χ2v) is 12.3. The molecule has 0 atom stereocenters. The van der Waals surface area contributed by atoms with Gasteiger partial charge in [0.15, 0.2) is 0 Å². The van der Waals surface area contributed by atoms with Crippen LogP contribution in [0.15, 0.2) is 114 Å². The Hall–Kier alpha value is -4.68. The summed E-state index contributed by atoms with van der Waals surface area (Å²) in [7, 11) is 0. The second kappa shape index (κ2) is 14.0. The number of allylic oxidation sites excluding steroid dienone is 4. The van der Waals surface area contributed by atoms with Gasteiger partial charge >= 0.3 is 0 Å². The van der Waals surface area contributed by atoms with Crippen molar-refractivity contribution < 1.29 is 4.39 Å². The second-order valence-electron chi connectivity index (χ2n) is 12.3. The SMILES string of the molecule is C=C(Nc1cncc(-c2cc(C)cc(F)c2)c1C)C(=NCC)C1=CC(c2cncc(CNCc3ccccc3)c2)=CCC1(C)C. The van der Waals surface area contributed by atoms with Gasteiger partial charge in [0, 0.05) is 49.4 Å². The maximum atomic E-state index is 14.2. The summed E-state index contributed by atoms with van der Waals surface area (Å²) in [5, 5.41) is 7.04. The Labute approximate surface area is 266 Å². The van der Waals surface area contributed by atoms with E-state index in [-0.39, 0.29) is 11.2 Å². The molecule has 2 N–H and O–H groups in total. The van der Waals surface area contributed by atoms with Crippen molar-refractivity contribution in [3.8, 4) is 11.1 Å². The molecule has 45 heavy (non-hydrogen) atoms. The topological polar surface area (TPSA) is 62.2 Å². The maximum Gasteiger partial charge on any atom is 0.124 e. The molecular formula is C39H42FN5. The Morgan fingerprint density at radius 1 is 0.933 bits per heavy atom. The van der Waals surface area contributed by atoms with Crippen molar-refractivity contribution in [1.82, 2.24) is 15.3 Å². The van der Waals surface area contributed by atoms with Gasteiger partial charge in [-0.2, -0.15) is 0 Å². The monoisotopic (exact) mass is 599 g/mol. The first kappa shape index (κ1) is 31.7. The van der Waals surface area contributed by atoms with Gasteiger partial charge in [0.1, 0.15) is 5.82 Å². The number of hydrogen-bond donors (Lipinski definition) is 2. The average Bonchev–Trinajstić information content (AvgIpc) is 3.01. The molecule has 0 unspecified atom stereocenters. The van der Waals surface area contributed by atoms with E-state index in [1.807, 2.05) is 45.3 Å². The predicted octanol–water partition coefficient (Wildman–Crippen LogP) is 9.02. The molecule has 6 heteroatoms. The minimum absolute atomic E-state index is 0.154. The normalized spacial score (nSPS) is 14.5. The molecule has 0 spiro atoms. The summed E-state index contributed by atoms with van der Waals surface area (Å²) in [6.07, 6.45) is 12.8. The lowest BCUT2D eigenvalue weighted by molar-refractivity contribution is 0.468. The van der Waals surface area contributed by atoms with Crippen LogP contribution in [0.25, 0.3) is 16.7 Å². The zero-order valence-corrected chi connectivity index (χ0v) is 26.9. The molecule has 2 aromatic heterocycles. The molecular weight excluding hydrogens is 557 g/mol. The third-order valence-electron chi connectivity index (χ3n) is 8.20. The van der Waals surface area contributed by atoms with Crippen molar-refractivity contribution in [3.05, 3.63) is 143 Å². The quantitative estimate of drug-likeness (QED) is 0.169. The van der Waals surface area contributed by atoms with Crippen molar-refractivity contribution in [3.63, 3.8) is 0 Å². The predicted molar refractivity (Wildman–Crippen MR) is 186 cm³/mol. The van der Waals surface area contributed by atoms with E-state index in [1.54, 1.807) is 18.5 Å². The number of rotatable bonds is 11. The first-order valence-corrected chi connectivity index (χ1v) is 15.5. The van der Waals surface area contributed by atoms with Crippen LogP contribution in [0.1, 0.15) is 55.0 Å². The van der Waals surface area contributed by atoms with Crippen LogP contribution >= 0.6 is 0 Å². The minimum atomic E-state index is -0.260. The maximum absolute atomic E-state index is 14.2. The Morgan fingerprint density at radius 3 is 2.44 bits per heavy atom. The minimum Gasteiger partial charge on any atom is -0.353 e. The van der Waals surface area contributed by atoms with Crippen LogP contribution in [0.4, 0.5) is 10.1 Å². The highest BCUT2D eigenvalue weighted by Gasteiger charge is 2.31. The van der Waals surface area contributed by atoms with Gasteiger partial charge < -0.3 is 10.6 Å². The fraction of sp³-hybridized carbons (Fsp3) is 0.256. The first-order valence-electron chi connectivity index (χ1n) is 15.5. The average molecular weight is 600 g/mol. The van der Waals surface area contributed by atoms with Gasteiger partial charge in [0.25, 0.3) is 0 Å². The van der Waals surface area contributed by atoms with Crippen LogP contribution in [-0.4, -0.2) is 22.2 Å². The van der Waals surface area contributed by atoms with Gasteiger partial charge in [-0.25, -0.2) is 4.39 Å². The highest BCUT2D eigenvalue weighted by atomic mass is 19.1. The van der Waals surface area contributed by atoms with Crippen molar-refractivity contribution in [2.75, 3.05) is 11.9 Å². The fourth-order valence-electron chi connectivity index (χ4n) is 5.72. The summed E-state index contributed by atoms with van der Waals surface area (Å²) in [5.41, 5.74) is 11.4. The summed E-state index contributed by atoms with van der Waals surface area (Å²) in [5.74, 6) is -0.260. The van der Waals surface area contributed by atoms with Gasteiger partial charge in [-0.05, 0) is 95.8 Å². The van der Waals surface area contributed by atoms with E-state index in [0.717, 1.165) is 75.4 Å². The smallest absolute Gasteiger partial charge is 0.124 e. The van der Waals surface area contributed by atoms with Crippen molar-refractivity contribution >= 4 is 17.0 Å². The van der Waals surface area contributed by atoms with E-state index in [4.69, 9.17) is 4.99 Å². The van der Waals surface area contributed by atoms with Crippen LogP contribution in [0.3, 0.4) is 0 Å². The van der Waals surface area contributed by atoms with Gasteiger partial charge in [-0.3, -0.25) is 15.0 Å². The standard InChI is InChI=1S/C39H42FN5/c1-7-44-38(28(4)45-37-25-43-24-35(27(37)3)32-15-26(2)16-34(40)18-32)36-19-31(13-14-39(36,5)6)33-17-30(22-42-23-33)21-41-20-29-11-9-8-10-12-29/h8-13,15-19,22-25,41,45H,4,7,14,20-21H2,1-3,5-6H3. The van der Waals surface area contributed by atoms with Crippen molar-refractivity contribution in [1.29, 1.82) is 0 Å². The van der Waals surface area contributed by atoms with Crippen LogP contribution in [-0.2, 0) is 13.1 Å². The van der Waals surface area contributed by atoms with Crippen molar-refractivity contribution in [2.24, 2.45) is 10.4 Å². The fourth-order valence-corrected chi connectivity index (χ4v) is 5.72. The summed E-state index contributed by atoms with van der Waals surface area (Å²) >= 11 is 0. The number of nitrogens with zero attached hydrogens (tertiary/aromatic N) is 3.